The Balaban J connectivity index is 2.76. The third-order valence-corrected chi connectivity index (χ3v) is 2.81. The van der Waals surface area contributed by atoms with Gasteiger partial charge in [0.25, 0.3) is 0 Å². The number of hydrogen-bond donors (Lipinski definition) is 2. The molecule has 0 saturated carbocycles. The molecule has 2 N–H and O–H groups in total. The van der Waals surface area contributed by atoms with Gasteiger partial charge in [0.1, 0.15) is 5.75 Å². The summed E-state index contributed by atoms with van der Waals surface area (Å²) in [6, 6.07) is 3.41. The van der Waals surface area contributed by atoms with Crippen LogP contribution in [0.4, 0.5) is 0 Å². The van der Waals surface area contributed by atoms with Gasteiger partial charge >= 0.3 is 0 Å². The average Bonchev–Trinajstić information content (AvgIpc) is 2.32. The highest BCUT2D eigenvalue weighted by atomic mass is 35.5. The molecule has 100 valence electrons. The van der Waals surface area contributed by atoms with Gasteiger partial charge in [0.05, 0.1) is 18.1 Å². The van der Waals surface area contributed by atoms with Gasteiger partial charge in [-0.1, -0.05) is 23.2 Å². The van der Waals surface area contributed by atoms with Crippen molar-refractivity contribution in [2.75, 3.05) is 20.7 Å². The smallest absolute Gasteiger partial charge is 0.223 e. The molecule has 1 amide bonds. The van der Waals surface area contributed by atoms with E-state index in [-0.39, 0.29) is 18.9 Å². The fourth-order valence-electron chi connectivity index (χ4n) is 1.47. The number of nitrogens with one attached hydrogen (secondary N) is 2. The molecule has 0 bridgehead atoms. The SMILES string of the molecule is CNCc1cc(Cl)cc(Cl)c1OCCC(=O)NC. The molecule has 18 heavy (non-hydrogen) atoms. The van der Waals surface area contributed by atoms with E-state index in [0.29, 0.717) is 22.3 Å². The monoisotopic (exact) mass is 290 g/mol. The fraction of sp³-hybridized carbons (Fsp3) is 0.417. The predicted octanol–water partition coefficient (Wildman–Crippen LogP) is 2.23. The Kier molecular flexibility index (Phi) is 6.25. The number of carbonyl (C=O) groups is 1. The van der Waals surface area contributed by atoms with Crippen LogP contribution in [0.5, 0.6) is 5.75 Å². The van der Waals surface area contributed by atoms with Crippen molar-refractivity contribution in [3.8, 4) is 5.75 Å². The van der Waals surface area contributed by atoms with Crippen LogP contribution in [0.25, 0.3) is 0 Å². The van der Waals surface area contributed by atoms with E-state index in [4.69, 9.17) is 27.9 Å². The van der Waals surface area contributed by atoms with Crippen LogP contribution in [-0.2, 0) is 11.3 Å². The van der Waals surface area contributed by atoms with Crippen LogP contribution in [-0.4, -0.2) is 26.6 Å². The van der Waals surface area contributed by atoms with Crippen molar-refractivity contribution >= 4 is 29.1 Å². The van der Waals surface area contributed by atoms with Gasteiger partial charge in [0, 0.05) is 24.2 Å². The molecule has 0 saturated heterocycles. The Bertz CT molecular complexity index is 425. The number of rotatable bonds is 6. The van der Waals surface area contributed by atoms with E-state index >= 15 is 0 Å². The van der Waals surface area contributed by atoms with Crippen LogP contribution in [0.3, 0.4) is 0 Å². The van der Waals surface area contributed by atoms with Gasteiger partial charge in [-0.2, -0.15) is 0 Å². The van der Waals surface area contributed by atoms with Crippen molar-refractivity contribution in [1.29, 1.82) is 0 Å². The van der Waals surface area contributed by atoms with Gasteiger partial charge in [-0.15, -0.1) is 0 Å². The van der Waals surface area contributed by atoms with E-state index in [2.05, 4.69) is 10.6 Å². The second-order valence-corrected chi connectivity index (χ2v) is 4.52. The third kappa shape index (κ3) is 4.37. The summed E-state index contributed by atoms with van der Waals surface area (Å²) in [5.74, 6) is 0.495. The number of carbonyl (C=O) groups excluding carboxylic acids is 1. The number of amides is 1. The third-order valence-electron chi connectivity index (χ3n) is 2.31. The molecule has 1 aromatic carbocycles. The molecule has 0 atom stereocenters. The van der Waals surface area contributed by atoms with Crippen LogP contribution in [0.15, 0.2) is 12.1 Å². The molecule has 0 aliphatic carbocycles. The summed E-state index contributed by atoms with van der Waals surface area (Å²) in [4.78, 5) is 11.1. The number of hydrogen-bond acceptors (Lipinski definition) is 3. The molecule has 0 unspecified atom stereocenters. The predicted molar refractivity (Wildman–Crippen MR) is 73.4 cm³/mol. The maximum absolute atomic E-state index is 11.1. The molecule has 0 aliphatic rings. The first-order valence-corrected chi connectivity index (χ1v) is 6.30. The van der Waals surface area contributed by atoms with Crippen molar-refractivity contribution in [3.63, 3.8) is 0 Å². The first-order valence-electron chi connectivity index (χ1n) is 5.54. The molecule has 0 fully saturated rings. The molecule has 6 heteroatoms. The van der Waals surface area contributed by atoms with Gasteiger partial charge in [-0.3, -0.25) is 4.79 Å². The van der Waals surface area contributed by atoms with Crippen LogP contribution in [0, 0.1) is 0 Å². The molecular formula is C12H16Cl2N2O2. The lowest BCUT2D eigenvalue weighted by molar-refractivity contribution is -0.121. The summed E-state index contributed by atoms with van der Waals surface area (Å²) in [6.45, 7) is 0.868. The van der Waals surface area contributed by atoms with Crippen LogP contribution < -0.4 is 15.4 Å². The van der Waals surface area contributed by atoms with E-state index < -0.39 is 0 Å². The van der Waals surface area contributed by atoms with Crippen LogP contribution in [0.1, 0.15) is 12.0 Å². The Hall–Kier alpha value is -0.970. The maximum Gasteiger partial charge on any atom is 0.223 e. The van der Waals surface area contributed by atoms with Gasteiger partial charge in [-0.05, 0) is 19.2 Å². The lowest BCUT2D eigenvalue weighted by Crippen LogP contribution is -2.20. The highest BCUT2D eigenvalue weighted by molar-refractivity contribution is 6.35. The highest BCUT2D eigenvalue weighted by Gasteiger charge is 2.11. The first kappa shape index (κ1) is 15.1. The number of halogens is 2. The zero-order chi connectivity index (χ0) is 13.5. The zero-order valence-corrected chi connectivity index (χ0v) is 11.9. The van der Waals surface area contributed by atoms with Crippen molar-refractivity contribution in [3.05, 3.63) is 27.7 Å². The van der Waals surface area contributed by atoms with E-state index in [1.165, 1.54) is 0 Å². The van der Waals surface area contributed by atoms with Crippen molar-refractivity contribution in [2.45, 2.75) is 13.0 Å². The van der Waals surface area contributed by atoms with Gasteiger partial charge in [-0.25, -0.2) is 0 Å². The van der Waals surface area contributed by atoms with Crippen LogP contribution in [0.2, 0.25) is 10.0 Å². The lowest BCUT2D eigenvalue weighted by atomic mass is 10.2. The minimum atomic E-state index is -0.0738. The minimum absolute atomic E-state index is 0.0738. The molecule has 0 heterocycles. The van der Waals surface area contributed by atoms with Crippen molar-refractivity contribution in [1.82, 2.24) is 10.6 Å². The highest BCUT2D eigenvalue weighted by Crippen LogP contribution is 2.32. The number of benzene rings is 1. The second-order valence-electron chi connectivity index (χ2n) is 3.68. The zero-order valence-electron chi connectivity index (χ0n) is 10.3. The molecule has 4 nitrogen and oxygen atoms in total. The summed E-state index contributed by atoms with van der Waals surface area (Å²) >= 11 is 12.0. The Labute approximate surface area is 117 Å². The van der Waals surface area contributed by atoms with E-state index in [1.54, 1.807) is 19.2 Å². The lowest BCUT2D eigenvalue weighted by Gasteiger charge is -2.13. The molecular weight excluding hydrogens is 275 g/mol. The number of ether oxygens (including phenoxy) is 1. The van der Waals surface area contributed by atoms with Crippen molar-refractivity contribution in [2.24, 2.45) is 0 Å². The quantitative estimate of drug-likeness (QED) is 0.845. The molecule has 0 aromatic heterocycles. The Morgan fingerprint density at radius 2 is 2.06 bits per heavy atom. The van der Waals surface area contributed by atoms with E-state index in [1.807, 2.05) is 7.05 Å². The van der Waals surface area contributed by atoms with E-state index in [9.17, 15) is 4.79 Å². The molecule has 1 rings (SSSR count). The van der Waals surface area contributed by atoms with Crippen molar-refractivity contribution < 1.29 is 9.53 Å². The first-order chi connectivity index (χ1) is 8.58. The minimum Gasteiger partial charge on any atom is -0.491 e. The normalized spacial score (nSPS) is 10.2. The standard InChI is InChI=1S/C12H16Cl2N2O2/c1-15-7-8-5-9(13)6-10(14)12(8)18-4-3-11(17)16-2/h5-6,15H,3-4,7H2,1-2H3,(H,16,17). The summed E-state index contributed by atoms with van der Waals surface area (Å²) in [6.07, 6.45) is 0.286. The van der Waals surface area contributed by atoms with Gasteiger partial charge < -0.3 is 15.4 Å². The molecule has 1 aromatic rings. The summed E-state index contributed by atoms with van der Waals surface area (Å²) in [5.41, 5.74) is 0.868. The molecule has 0 aliphatic heterocycles. The largest absolute Gasteiger partial charge is 0.491 e. The molecule has 0 spiro atoms. The summed E-state index contributed by atoms with van der Waals surface area (Å²) in [7, 11) is 3.41. The maximum atomic E-state index is 11.1. The Morgan fingerprint density at radius 1 is 1.33 bits per heavy atom. The van der Waals surface area contributed by atoms with Gasteiger partial charge in [0.15, 0.2) is 0 Å². The fourth-order valence-corrected chi connectivity index (χ4v) is 2.06. The topological polar surface area (TPSA) is 50.4 Å². The average molecular weight is 291 g/mol. The van der Waals surface area contributed by atoms with E-state index in [0.717, 1.165) is 5.56 Å². The summed E-state index contributed by atoms with van der Waals surface area (Å²) in [5, 5.41) is 6.55. The summed E-state index contributed by atoms with van der Waals surface area (Å²) < 4.78 is 5.56. The second kappa shape index (κ2) is 7.46. The Morgan fingerprint density at radius 3 is 2.67 bits per heavy atom. The molecule has 0 radical (unpaired) electrons. The van der Waals surface area contributed by atoms with Crippen LogP contribution >= 0.6 is 23.2 Å². The van der Waals surface area contributed by atoms with Gasteiger partial charge in [0.2, 0.25) is 5.91 Å².